The molecular weight excluding hydrogens is 258 g/mol. The van der Waals surface area contributed by atoms with Crippen LogP contribution in [0, 0.1) is 23.7 Å². The Morgan fingerprint density at radius 3 is 2.25 bits per heavy atom. The van der Waals surface area contributed by atoms with Crippen molar-refractivity contribution in [2.75, 3.05) is 6.54 Å². The highest BCUT2D eigenvalue weighted by Gasteiger charge is 2.58. The summed E-state index contributed by atoms with van der Waals surface area (Å²) in [5.74, 6) is -0.509. The van der Waals surface area contributed by atoms with E-state index >= 15 is 0 Å². The van der Waals surface area contributed by atoms with Crippen LogP contribution < -0.4 is 0 Å². The number of likely N-dealkylation sites (tertiary alicyclic amines) is 1. The standard InChI is InChI=1S/C15H19NO4/c17-11(18)4-2-1-3-7-16-14(19)12-9-5-6-10(8-9)13(12)15(16)20/h5-6,9-10,12-13H,1-4,7-8H2,(H,17,18)/t9-,10-,12+,13+/m0/s1. The average Bonchev–Trinajstić information content (AvgIpc) is 3.06. The summed E-state index contributed by atoms with van der Waals surface area (Å²) < 4.78 is 0. The van der Waals surface area contributed by atoms with Crippen molar-refractivity contribution >= 4 is 17.8 Å². The number of carboxylic acid groups (broad SMARTS) is 1. The van der Waals surface area contributed by atoms with Gasteiger partial charge in [0.25, 0.3) is 0 Å². The summed E-state index contributed by atoms with van der Waals surface area (Å²) in [6, 6.07) is 0. The number of carbonyl (C=O) groups excluding carboxylic acids is 2. The van der Waals surface area contributed by atoms with Crippen LogP contribution in [0.4, 0.5) is 0 Å². The molecule has 20 heavy (non-hydrogen) atoms. The molecule has 0 spiro atoms. The van der Waals surface area contributed by atoms with E-state index in [4.69, 9.17) is 5.11 Å². The van der Waals surface area contributed by atoms with E-state index in [1.165, 1.54) is 4.90 Å². The van der Waals surface area contributed by atoms with E-state index in [9.17, 15) is 14.4 Å². The van der Waals surface area contributed by atoms with Crippen LogP contribution in [-0.2, 0) is 14.4 Å². The van der Waals surface area contributed by atoms with Crippen molar-refractivity contribution in [3.8, 4) is 0 Å². The summed E-state index contributed by atoms with van der Waals surface area (Å²) >= 11 is 0. The van der Waals surface area contributed by atoms with Gasteiger partial charge in [-0.1, -0.05) is 18.6 Å². The first-order valence-corrected chi connectivity index (χ1v) is 7.35. The quantitative estimate of drug-likeness (QED) is 0.453. The number of allylic oxidation sites excluding steroid dienone is 2. The number of nitrogens with zero attached hydrogens (tertiary/aromatic N) is 1. The van der Waals surface area contributed by atoms with Gasteiger partial charge in [0.2, 0.25) is 11.8 Å². The highest BCUT2D eigenvalue weighted by atomic mass is 16.4. The van der Waals surface area contributed by atoms with Gasteiger partial charge >= 0.3 is 5.97 Å². The van der Waals surface area contributed by atoms with Crippen LogP contribution in [0.3, 0.4) is 0 Å². The van der Waals surface area contributed by atoms with Crippen molar-refractivity contribution in [3.05, 3.63) is 12.2 Å². The molecule has 5 heteroatoms. The second-order valence-corrected chi connectivity index (χ2v) is 6.03. The van der Waals surface area contributed by atoms with Gasteiger partial charge in [-0.05, 0) is 31.1 Å². The Hall–Kier alpha value is -1.65. The van der Waals surface area contributed by atoms with Crippen molar-refractivity contribution in [2.45, 2.75) is 32.1 Å². The normalized spacial score (nSPS) is 34.1. The molecule has 2 bridgehead atoms. The maximum absolute atomic E-state index is 12.3. The van der Waals surface area contributed by atoms with E-state index < -0.39 is 5.97 Å². The van der Waals surface area contributed by atoms with Gasteiger partial charge in [0.15, 0.2) is 0 Å². The lowest BCUT2D eigenvalue weighted by atomic mass is 9.85. The smallest absolute Gasteiger partial charge is 0.303 e. The first-order valence-electron chi connectivity index (χ1n) is 7.35. The third kappa shape index (κ3) is 2.05. The molecule has 0 aromatic rings. The second kappa shape index (κ2) is 5.04. The average molecular weight is 277 g/mol. The van der Waals surface area contributed by atoms with E-state index in [1.807, 2.05) is 0 Å². The Kier molecular flexibility index (Phi) is 3.36. The van der Waals surface area contributed by atoms with Gasteiger partial charge in [-0.15, -0.1) is 0 Å². The zero-order valence-corrected chi connectivity index (χ0v) is 11.3. The number of hydrogen-bond donors (Lipinski definition) is 1. The van der Waals surface area contributed by atoms with E-state index in [0.29, 0.717) is 19.4 Å². The van der Waals surface area contributed by atoms with E-state index in [1.54, 1.807) is 0 Å². The van der Waals surface area contributed by atoms with Crippen LogP contribution in [0.25, 0.3) is 0 Å². The number of carbonyl (C=O) groups is 3. The zero-order chi connectivity index (χ0) is 14.3. The predicted molar refractivity (Wildman–Crippen MR) is 70.5 cm³/mol. The summed E-state index contributed by atoms with van der Waals surface area (Å²) in [6.07, 6.45) is 7.34. The minimum Gasteiger partial charge on any atom is -0.481 e. The lowest BCUT2D eigenvalue weighted by Crippen LogP contribution is -2.33. The molecule has 5 nitrogen and oxygen atoms in total. The van der Waals surface area contributed by atoms with Crippen LogP contribution in [0.2, 0.25) is 0 Å². The Morgan fingerprint density at radius 2 is 1.70 bits per heavy atom. The van der Waals surface area contributed by atoms with E-state index in [-0.39, 0.29) is 41.9 Å². The summed E-state index contributed by atoms with van der Waals surface area (Å²) in [5.41, 5.74) is 0. The van der Waals surface area contributed by atoms with Crippen LogP contribution in [-0.4, -0.2) is 34.3 Å². The van der Waals surface area contributed by atoms with Gasteiger partial charge in [-0.3, -0.25) is 19.3 Å². The monoisotopic (exact) mass is 277 g/mol. The van der Waals surface area contributed by atoms with Gasteiger partial charge < -0.3 is 5.11 Å². The number of imide groups is 1. The Bertz CT molecular complexity index is 454. The Labute approximate surface area is 117 Å². The van der Waals surface area contributed by atoms with Gasteiger partial charge in [0, 0.05) is 13.0 Å². The molecule has 108 valence electrons. The zero-order valence-electron chi connectivity index (χ0n) is 11.3. The SMILES string of the molecule is O=C(O)CCCCCN1C(=O)[C@H]2[C@H](C1=O)[C@H]1C=C[C@H]2C1. The van der Waals surface area contributed by atoms with E-state index in [0.717, 1.165) is 12.8 Å². The second-order valence-electron chi connectivity index (χ2n) is 6.03. The van der Waals surface area contributed by atoms with Gasteiger partial charge in [0.05, 0.1) is 11.8 Å². The van der Waals surface area contributed by atoms with Crippen molar-refractivity contribution in [3.63, 3.8) is 0 Å². The summed E-state index contributed by atoms with van der Waals surface area (Å²) in [6.45, 7) is 0.448. The Balaban J connectivity index is 1.53. The third-order valence-corrected chi connectivity index (χ3v) is 4.83. The minimum atomic E-state index is -0.796. The van der Waals surface area contributed by atoms with Crippen LogP contribution in [0.5, 0.6) is 0 Å². The van der Waals surface area contributed by atoms with Crippen molar-refractivity contribution in [2.24, 2.45) is 23.7 Å². The molecule has 3 rings (SSSR count). The Morgan fingerprint density at radius 1 is 1.10 bits per heavy atom. The lowest BCUT2D eigenvalue weighted by molar-refractivity contribution is -0.141. The number of aliphatic carboxylic acids is 1. The number of amides is 2. The molecule has 2 aliphatic carbocycles. The van der Waals surface area contributed by atoms with Crippen molar-refractivity contribution < 1.29 is 19.5 Å². The molecule has 2 fully saturated rings. The van der Waals surface area contributed by atoms with Crippen LogP contribution in [0.15, 0.2) is 12.2 Å². The predicted octanol–water partition coefficient (Wildman–Crippen LogP) is 1.44. The van der Waals surface area contributed by atoms with Crippen molar-refractivity contribution in [1.82, 2.24) is 4.90 Å². The molecule has 4 atom stereocenters. The fraction of sp³-hybridized carbons (Fsp3) is 0.667. The number of carboxylic acids is 1. The first kappa shape index (κ1) is 13.3. The molecule has 0 radical (unpaired) electrons. The molecule has 2 amide bonds. The highest BCUT2D eigenvalue weighted by Crippen LogP contribution is 2.52. The molecule has 0 unspecified atom stereocenters. The topological polar surface area (TPSA) is 74.7 Å². The maximum Gasteiger partial charge on any atom is 0.303 e. The maximum atomic E-state index is 12.3. The van der Waals surface area contributed by atoms with E-state index in [2.05, 4.69) is 12.2 Å². The van der Waals surface area contributed by atoms with Gasteiger partial charge in [-0.25, -0.2) is 0 Å². The lowest BCUT2D eigenvalue weighted by Gasteiger charge is -2.16. The molecule has 0 aromatic heterocycles. The van der Waals surface area contributed by atoms with Gasteiger partial charge in [-0.2, -0.15) is 0 Å². The molecule has 1 saturated carbocycles. The molecule has 3 aliphatic rings. The van der Waals surface area contributed by atoms with Crippen LogP contribution in [0.1, 0.15) is 32.1 Å². The summed E-state index contributed by atoms with van der Waals surface area (Å²) in [4.78, 5) is 36.5. The van der Waals surface area contributed by atoms with Crippen molar-refractivity contribution in [1.29, 1.82) is 0 Å². The number of fused-ring (bicyclic) bond motifs is 5. The summed E-state index contributed by atoms with van der Waals surface area (Å²) in [5, 5.41) is 8.56. The third-order valence-electron chi connectivity index (χ3n) is 4.83. The molecule has 1 aliphatic heterocycles. The fourth-order valence-corrected chi connectivity index (χ4v) is 3.91. The highest BCUT2D eigenvalue weighted by molar-refractivity contribution is 6.06. The molecule has 0 aromatic carbocycles. The number of rotatable bonds is 6. The number of hydrogen-bond acceptors (Lipinski definition) is 3. The van der Waals surface area contributed by atoms with Crippen LogP contribution >= 0.6 is 0 Å². The van der Waals surface area contributed by atoms with Gasteiger partial charge in [0.1, 0.15) is 0 Å². The fourth-order valence-electron chi connectivity index (χ4n) is 3.91. The largest absolute Gasteiger partial charge is 0.481 e. The minimum absolute atomic E-state index is 0.00455. The molecule has 1 N–H and O–H groups in total. The molecular formula is C15H19NO4. The number of unbranched alkanes of at least 4 members (excludes halogenated alkanes) is 2. The molecule has 1 saturated heterocycles. The summed E-state index contributed by atoms with van der Waals surface area (Å²) in [7, 11) is 0. The molecule has 1 heterocycles. The first-order chi connectivity index (χ1) is 9.59.